The normalized spacial score (nSPS) is 20.4. The predicted octanol–water partition coefficient (Wildman–Crippen LogP) is 3.47. The lowest BCUT2D eigenvalue weighted by molar-refractivity contribution is 0.173. The number of hydrogen-bond acceptors (Lipinski definition) is 3. The van der Waals surface area contributed by atoms with Crippen molar-refractivity contribution in [2.75, 3.05) is 6.79 Å². The molecule has 0 spiro atoms. The van der Waals surface area contributed by atoms with E-state index >= 15 is 0 Å². The van der Waals surface area contributed by atoms with Crippen molar-refractivity contribution in [1.82, 2.24) is 0 Å². The number of nitrogens with two attached hydrogens (primary N) is 1. The van der Waals surface area contributed by atoms with Crippen LogP contribution >= 0.6 is 15.9 Å². The topological polar surface area (TPSA) is 44.5 Å². The molecule has 0 amide bonds. The van der Waals surface area contributed by atoms with Crippen LogP contribution in [0.2, 0.25) is 0 Å². The molecule has 3 nitrogen and oxygen atoms in total. The number of fused-ring (bicyclic) bond motifs is 1. The Morgan fingerprint density at radius 3 is 2.72 bits per heavy atom. The Hall–Kier alpha value is -0.740. The summed E-state index contributed by atoms with van der Waals surface area (Å²) in [5.74, 6) is 1.66. The average molecular weight is 312 g/mol. The lowest BCUT2D eigenvalue weighted by Crippen LogP contribution is -2.34. The predicted molar refractivity (Wildman–Crippen MR) is 74.0 cm³/mol. The Morgan fingerprint density at radius 2 is 2.06 bits per heavy atom. The van der Waals surface area contributed by atoms with Gasteiger partial charge in [-0.3, -0.25) is 0 Å². The Labute approximate surface area is 116 Å². The summed E-state index contributed by atoms with van der Waals surface area (Å²) in [6.07, 6.45) is 5.50. The molecule has 1 aliphatic heterocycles. The van der Waals surface area contributed by atoms with E-state index in [2.05, 4.69) is 28.9 Å². The maximum absolute atomic E-state index is 6.60. The molecule has 1 aliphatic carbocycles. The van der Waals surface area contributed by atoms with E-state index in [1.807, 2.05) is 0 Å². The fourth-order valence-corrected chi connectivity index (χ4v) is 3.91. The van der Waals surface area contributed by atoms with Gasteiger partial charge in [-0.05, 0) is 52.4 Å². The van der Waals surface area contributed by atoms with Gasteiger partial charge in [-0.15, -0.1) is 0 Å². The van der Waals surface area contributed by atoms with E-state index in [4.69, 9.17) is 15.2 Å². The van der Waals surface area contributed by atoms with Crippen LogP contribution in [0.25, 0.3) is 0 Å². The molecule has 98 valence electrons. The lowest BCUT2D eigenvalue weighted by atomic mass is 9.85. The second-order valence-corrected chi connectivity index (χ2v) is 5.96. The molecule has 4 heteroatoms. The fourth-order valence-electron chi connectivity index (χ4n) is 3.11. The minimum absolute atomic E-state index is 0.186. The van der Waals surface area contributed by atoms with Crippen LogP contribution in [0.15, 0.2) is 10.5 Å². The van der Waals surface area contributed by atoms with Gasteiger partial charge in [-0.25, -0.2) is 0 Å². The zero-order valence-corrected chi connectivity index (χ0v) is 12.2. The number of halogens is 1. The van der Waals surface area contributed by atoms with Gasteiger partial charge >= 0.3 is 0 Å². The standard InChI is InChI=1S/C14H18BrNO2/c1-2-9-10(14(16)5-3-4-6-14)7-11-13(12(9)15)18-8-17-11/h7H,2-6,8,16H2,1H3. The van der Waals surface area contributed by atoms with E-state index in [-0.39, 0.29) is 5.54 Å². The molecule has 0 aromatic heterocycles. The molecule has 1 aromatic carbocycles. The van der Waals surface area contributed by atoms with Crippen molar-refractivity contribution in [3.8, 4) is 11.5 Å². The average Bonchev–Trinajstić information content (AvgIpc) is 2.98. The van der Waals surface area contributed by atoms with Crippen LogP contribution in [-0.2, 0) is 12.0 Å². The Balaban J connectivity index is 2.16. The maximum atomic E-state index is 6.60. The molecule has 0 bridgehead atoms. The quantitative estimate of drug-likeness (QED) is 0.909. The highest BCUT2D eigenvalue weighted by Crippen LogP contribution is 2.48. The molecule has 0 saturated heterocycles. The molecule has 1 aromatic rings. The zero-order valence-electron chi connectivity index (χ0n) is 10.6. The first-order chi connectivity index (χ1) is 8.65. The summed E-state index contributed by atoms with van der Waals surface area (Å²) in [5, 5.41) is 0. The first kappa shape index (κ1) is 12.3. The SMILES string of the molecule is CCc1c(C2(N)CCCC2)cc2c(c1Br)OCO2. The van der Waals surface area contributed by atoms with Gasteiger partial charge in [0.25, 0.3) is 0 Å². The van der Waals surface area contributed by atoms with Crippen LogP contribution in [0.5, 0.6) is 11.5 Å². The Bertz CT molecular complexity index is 481. The van der Waals surface area contributed by atoms with E-state index in [1.165, 1.54) is 24.0 Å². The molecule has 0 radical (unpaired) electrons. The van der Waals surface area contributed by atoms with Gasteiger partial charge in [0.1, 0.15) is 0 Å². The largest absolute Gasteiger partial charge is 0.454 e. The first-order valence-electron chi connectivity index (χ1n) is 6.56. The Kier molecular flexibility index (Phi) is 3.02. The van der Waals surface area contributed by atoms with Gasteiger partial charge in [0, 0.05) is 5.54 Å². The van der Waals surface area contributed by atoms with E-state index < -0.39 is 0 Å². The Morgan fingerprint density at radius 1 is 1.33 bits per heavy atom. The van der Waals surface area contributed by atoms with Gasteiger partial charge in [-0.2, -0.15) is 0 Å². The van der Waals surface area contributed by atoms with Crippen LogP contribution in [0.4, 0.5) is 0 Å². The monoisotopic (exact) mass is 311 g/mol. The molecular formula is C14H18BrNO2. The molecule has 2 N–H and O–H groups in total. The van der Waals surface area contributed by atoms with Crippen LogP contribution in [0, 0.1) is 0 Å². The summed E-state index contributed by atoms with van der Waals surface area (Å²) in [5.41, 5.74) is 8.92. The number of hydrogen-bond donors (Lipinski definition) is 1. The van der Waals surface area contributed by atoms with Crippen LogP contribution in [0.3, 0.4) is 0 Å². The number of rotatable bonds is 2. The zero-order chi connectivity index (χ0) is 12.8. The van der Waals surface area contributed by atoms with Crippen molar-refractivity contribution >= 4 is 15.9 Å². The third kappa shape index (κ3) is 1.74. The molecular weight excluding hydrogens is 294 g/mol. The molecule has 1 fully saturated rings. The fraction of sp³-hybridized carbons (Fsp3) is 0.571. The molecule has 0 unspecified atom stereocenters. The minimum atomic E-state index is -0.186. The highest BCUT2D eigenvalue weighted by atomic mass is 79.9. The van der Waals surface area contributed by atoms with Gasteiger partial charge in [-0.1, -0.05) is 19.8 Å². The van der Waals surface area contributed by atoms with E-state index in [0.717, 1.165) is 35.2 Å². The summed E-state index contributed by atoms with van der Waals surface area (Å²) in [7, 11) is 0. The second-order valence-electron chi connectivity index (χ2n) is 5.17. The van der Waals surface area contributed by atoms with Crippen molar-refractivity contribution in [3.63, 3.8) is 0 Å². The lowest BCUT2D eigenvalue weighted by Gasteiger charge is -2.28. The number of ether oxygens (including phenoxy) is 2. The molecule has 3 rings (SSSR count). The van der Waals surface area contributed by atoms with Crippen LogP contribution in [-0.4, -0.2) is 6.79 Å². The first-order valence-corrected chi connectivity index (χ1v) is 7.35. The molecule has 18 heavy (non-hydrogen) atoms. The van der Waals surface area contributed by atoms with Gasteiger partial charge < -0.3 is 15.2 Å². The van der Waals surface area contributed by atoms with Crippen molar-refractivity contribution in [3.05, 3.63) is 21.7 Å². The molecule has 1 saturated carbocycles. The smallest absolute Gasteiger partial charge is 0.231 e. The van der Waals surface area contributed by atoms with E-state index in [1.54, 1.807) is 0 Å². The van der Waals surface area contributed by atoms with Gasteiger partial charge in [0.15, 0.2) is 11.5 Å². The summed E-state index contributed by atoms with van der Waals surface area (Å²) in [4.78, 5) is 0. The molecule has 2 aliphatic rings. The van der Waals surface area contributed by atoms with Crippen molar-refractivity contribution in [1.29, 1.82) is 0 Å². The minimum Gasteiger partial charge on any atom is -0.454 e. The summed E-state index contributed by atoms with van der Waals surface area (Å²) in [6.45, 7) is 2.46. The van der Waals surface area contributed by atoms with E-state index in [9.17, 15) is 0 Å². The summed E-state index contributed by atoms with van der Waals surface area (Å²) in [6, 6.07) is 2.09. The third-order valence-electron chi connectivity index (χ3n) is 4.09. The highest BCUT2D eigenvalue weighted by molar-refractivity contribution is 9.10. The van der Waals surface area contributed by atoms with Gasteiger partial charge in [0.2, 0.25) is 6.79 Å². The molecule has 1 heterocycles. The third-order valence-corrected chi connectivity index (χ3v) is 4.93. The van der Waals surface area contributed by atoms with Crippen LogP contribution in [0.1, 0.15) is 43.7 Å². The second kappa shape index (κ2) is 4.42. The maximum Gasteiger partial charge on any atom is 0.231 e. The van der Waals surface area contributed by atoms with Crippen molar-refractivity contribution in [2.45, 2.75) is 44.6 Å². The number of benzene rings is 1. The molecule has 0 atom stereocenters. The summed E-state index contributed by atoms with van der Waals surface area (Å²) >= 11 is 3.65. The van der Waals surface area contributed by atoms with Gasteiger partial charge in [0.05, 0.1) is 4.47 Å². The summed E-state index contributed by atoms with van der Waals surface area (Å²) < 4.78 is 12.0. The van der Waals surface area contributed by atoms with Crippen molar-refractivity contribution in [2.24, 2.45) is 5.73 Å². The van der Waals surface area contributed by atoms with E-state index in [0.29, 0.717) is 6.79 Å². The van der Waals surface area contributed by atoms with Crippen molar-refractivity contribution < 1.29 is 9.47 Å². The highest BCUT2D eigenvalue weighted by Gasteiger charge is 2.36. The van der Waals surface area contributed by atoms with Crippen LogP contribution < -0.4 is 15.2 Å².